The van der Waals surface area contributed by atoms with Crippen molar-refractivity contribution in [1.29, 1.82) is 0 Å². The maximum absolute atomic E-state index is 12.8. The van der Waals surface area contributed by atoms with Gasteiger partial charge in [0, 0.05) is 18.8 Å². The predicted molar refractivity (Wildman–Crippen MR) is 107 cm³/mol. The zero-order chi connectivity index (χ0) is 20.9. The van der Waals surface area contributed by atoms with Crippen LogP contribution in [0.5, 0.6) is 0 Å². The van der Waals surface area contributed by atoms with E-state index in [2.05, 4.69) is 5.32 Å². The zero-order valence-corrected chi connectivity index (χ0v) is 17.2. The Kier molecular flexibility index (Phi) is 7.05. The Hall–Kier alpha value is -2.23. The first-order valence-electron chi connectivity index (χ1n) is 9.72. The van der Waals surface area contributed by atoms with Crippen LogP contribution in [-0.4, -0.2) is 57.0 Å². The number of hydrogen-bond donors (Lipinski definition) is 1. The molecule has 158 valence electrons. The van der Waals surface area contributed by atoms with Gasteiger partial charge < -0.3 is 14.8 Å². The maximum atomic E-state index is 12.8. The van der Waals surface area contributed by atoms with Gasteiger partial charge in [0.15, 0.2) is 6.10 Å². The second-order valence-electron chi connectivity index (χ2n) is 7.09. The molecule has 2 atom stereocenters. The summed E-state index contributed by atoms with van der Waals surface area (Å²) in [6, 6.07) is 6.05. The molecule has 3 rings (SSSR count). The highest BCUT2D eigenvalue weighted by atomic mass is 32.2. The van der Waals surface area contributed by atoms with E-state index in [1.807, 2.05) is 12.2 Å². The number of morpholine rings is 1. The monoisotopic (exact) mass is 422 g/mol. The van der Waals surface area contributed by atoms with Crippen LogP contribution in [0.1, 0.15) is 26.2 Å². The number of rotatable bonds is 6. The molecule has 1 aromatic rings. The van der Waals surface area contributed by atoms with E-state index in [-0.39, 0.29) is 16.8 Å². The number of benzene rings is 1. The van der Waals surface area contributed by atoms with E-state index in [0.29, 0.717) is 44.8 Å². The van der Waals surface area contributed by atoms with E-state index in [0.717, 1.165) is 6.42 Å². The zero-order valence-electron chi connectivity index (χ0n) is 16.4. The van der Waals surface area contributed by atoms with Crippen LogP contribution in [0.4, 0.5) is 5.69 Å². The van der Waals surface area contributed by atoms with Gasteiger partial charge in [-0.05, 0) is 44.4 Å². The molecule has 29 heavy (non-hydrogen) atoms. The number of amides is 1. The summed E-state index contributed by atoms with van der Waals surface area (Å²) in [6.07, 6.45) is 5.15. The van der Waals surface area contributed by atoms with Gasteiger partial charge in [0.25, 0.3) is 5.91 Å². The molecule has 0 unspecified atom stereocenters. The number of nitrogens with one attached hydrogen (secondary N) is 1. The highest BCUT2D eigenvalue weighted by Gasteiger charge is 2.27. The van der Waals surface area contributed by atoms with E-state index in [1.54, 1.807) is 12.1 Å². The van der Waals surface area contributed by atoms with E-state index in [1.165, 1.54) is 23.4 Å². The van der Waals surface area contributed by atoms with Gasteiger partial charge in [0.05, 0.1) is 24.0 Å². The average Bonchev–Trinajstić information content (AvgIpc) is 2.75. The van der Waals surface area contributed by atoms with Gasteiger partial charge in [-0.1, -0.05) is 18.2 Å². The number of carbonyl (C=O) groups excluding carboxylic acids is 2. The first-order valence-corrected chi connectivity index (χ1v) is 11.2. The number of hydrogen-bond acceptors (Lipinski definition) is 6. The molecule has 0 radical (unpaired) electrons. The fraction of sp³-hybridized carbons (Fsp3) is 0.500. The minimum absolute atomic E-state index is 0.0934. The third-order valence-corrected chi connectivity index (χ3v) is 6.87. The van der Waals surface area contributed by atoms with E-state index in [4.69, 9.17) is 9.47 Å². The number of nitrogens with zero attached hydrogens (tertiary/aromatic N) is 1. The highest BCUT2D eigenvalue weighted by molar-refractivity contribution is 7.89. The molecule has 9 heteroatoms. The summed E-state index contributed by atoms with van der Waals surface area (Å²) in [6.45, 7) is 2.80. The molecule has 0 bridgehead atoms. The largest absolute Gasteiger partial charge is 0.452 e. The quantitative estimate of drug-likeness (QED) is 0.555. The summed E-state index contributed by atoms with van der Waals surface area (Å²) in [4.78, 5) is 24.7. The molecule has 1 heterocycles. The van der Waals surface area contributed by atoms with Crippen LogP contribution < -0.4 is 5.32 Å². The summed E-state index contributed by atoms with van der Waals surface area (Å²) >= 11 is 0. The lowest BCUT2D eigenvalue weighted by Gasteiger charge is -2.26. The van der Waals surface area contributed by atoms with Crippen molar-refractivity contribution in [3.63, 3.8) is 0 Å². The Bertz CT molecular complexity index is 877. The van der Waals surface area contributed by atoms with Gasteiger partial charge in [-0.15, -0.1) is 0 Å². The third kappa shape index (κ3) is 5.43. The molecule has 1 amide bonds. The van der Waals surface area contributed by atoms with Gasteiger partial charge in [-0.2, -0.15) is 4.31 Å². The Morgan fingerprint density at radius 2 is 2.00 bits per heavy atom. The first-order chi connectivity index (χ1) is 13.9. The fourth-order valence-corrected chi connectivity index (χ4v) is 4.70. The minimum Gasteiger partial charge on any atom is -0.452 e. The Labute approximate surface area is 170 Å². The Balaban J connectivity index is 1.62. The number of esters is 1. The van der Waals surface area contributed by atoms with Crippen molar-refractivity contribution in [3.8, 4) is 0 Å². The van der Waals surface area contributed by atoms with Crippen LogP contribution in [0.2, 0.25) is 0 Å². The minimum atomic E-state index is -3.66. The summed E-state index contributed by atoms with van der Waals surface area (Å²) < 4.78 is 37.4. The topological polar surface area (TPSA) is 102 Å². The summed E-state index contributed by atoms with van der Waals surface area (Å²) in [5.41, 5.74) is 0.327. The maximum Gasteiger partial charge on any atom is 0.310 e. The average molecular weight is 423 g/mol. The van der Waals surface area contributed by atoms with Crippen LogP contribution in [0.25, 0.3) is 0 Å². The SMILES string of the molecule is C[C@@H](OC(=O)[C@@H]1CC=CCC1)C(=O)Nc1cccc(S(=O)(=O)N2CCOCC2)c1. The molecule has 1 N–H and O–H groups in total. The van der Waals surface area contributed by atoms with Gasteiger partial charge in [-0.25, -0.2) is 8.42 Å². The Morgan fingerprint density at radius 1 is 1.24 bits per heavy atom. The molecular formula is C20H26N2O6S. The van der Waals surface area contributed by atoms with Crippen molar-refractivity contribution in [3.05, 3.63) is 36.4 Å². The van der Waals surface area contributed by atoms with Crippen molar-refractivity contribution in [2.75, 3.05) is 31.6 Å². The van der Waals surface area contributed by atoms with Crippen molar-refractivity contribution in [2.45, 2.75) is 37.2 Å². The van der Waals surface area contributed by atoms with Crippen molar-refractivity contribution in [1.82, 2.24) is 4.31 Å². The molecule has 1 aromatic carbocycles. The van der Waals surface area contributed by atoms with Crippen LogP contribution >= 0.6 is 0 Å². The number of sulfonamides is 1. The van der Waals surface area contributed by atoms with Gasteiger partial charge >= 0.3 is 5.97 Å². The van der Waals surface area contributed by atoms with Crippen molar-refractivity contribution >= 4 is 27.6 Å². The molecule has 1 fully saturated rings. The lowest BCUT2D eigenvalue weighted by molar-refractivity contribution is -0.157. The standard InChI is InChI=1S/C20H26N2O6S/c1-15(28-20(24)16-6-3-2-4-7-16)19(23)21-17-8-5-9-18(14-17)29(25,26)22-10-12-27-13-11-22/h2-3,5,8-9,14-16H,4,6-7,10-13H2,1H3,(H,21,23)/t15-,16-/m1/s1. The molecule has 2 aliphatic rings. The first kappa shape index (κ1) is 21.5. The smallest absolute Gasteiger partial charge is 0.310 e. The number of carbonyl (C=O) groups is 2. The second-order valence-corrected chi connectivity index (χ2v) is 9.03. The van der Waals surface area contributed by atoms with Gasteiger partial charge in [-0.3, -0.25) is 9.59 Å². The molecule has 0 aromatic heterocycles. The van der Waals surface area contributed by atoms with Crippen LogP contribution in [0, 0.1) is 5.92 Å². The van der Waals surface area contributed by atoms with Gasteiger partial charge in [0.2, 0.25) is 10.0 Å². The molecule has 1 saturated heterocycles. The lowest BCUT2D eigenvalue weighted by atomic mass is 9.95. The molecule has 0 saturated carbocycles. The summed E-state index contributed by atoms with van der Waals surface area (Å²) in [7, 11) is -3.66. The number of allylic oxidation sites excluding steroid dienone is 2. The second kappa shape index (κ2) is 9.51. The number of anilines is 1. The van der Waals surface area contributed by atoms with Crippen LogP contribution in [-0.2, 0) is 29.1 Å². The number of ether oxygens (including phenoxy) is 2. The molecule has 0 spiro atoms. The van der Waals surface area contributed by atoms with E-state index in [9.17, 15) is 18.0 Å². The van der Waals surface area contributed by atoms with Crippen LogP contribution in [0.3, 0.4) is 0 Å². The Morgan fingerprint density at radius 3 is 2.69 bits per heavy atom. The summed E-state index contributed by atoms with van der Waals surface area (Å²) in [5, 5.41) is 2.63. The highest BCUT2D eigenvalue weighted by Crippen LogP contribution is 2.22. The molecular weight excluding hydrogens is 396 g/mol. The molecule has 1 aliphatic carbocycles. The normalized spacial score (nSPS) is 21.3. The van der Waals surface area contributed by atoms with Crippen molar-refractivity contribution < 1.29 is 27.5 Å². The van der Waals surface area contributed by atoms with Crippen molar-refractivity contribution in [2.24, 2.45) is 5.92 Å². The van der Waals surface area contributed by atoms with Gasteiger partial charge in [0.1, 0.15) is 0 Å². The van der Waals surface area contributed by atoms with Crippen LogP contribution in [0.15, 0.2) is 41.3 Å². The predicted octanol–water partition coefficient (Wildman–Crippen LogP) is 1.93. The summed E-state index contributed by atoms with van der Waals surface area (Å²) in [5.74, 6) is -1.12. The lowest BCUT2D eigenvalue weighted by Crippen LogP contribution is -2.40. The van der Waals surface area contributed by atoms with E-state index < -0.39 is 22.0 Å². The van der Waals surface area contributed by atoms with E-state index >= 15 is 0 Å². The third-order valence-electron chi connectivity index (χ3n) is 4.97. The molecule has 1 aliphatic heterocycles. The molecule has 8 nitrogen and oxygen atoms in total. The fourth-order valence-electron chi connectivity index (χ4n) is 3.25.